The van der Waals surface area contributed by atoms with Crippen LogP contribution < -0.4 is 10.6 Å². The average Bonchev–Trinajstić information content (AvgIpc) is 2.46. The fraction of sp³-hybridized carbons (Fsp3) is 0.133. The van der Waals surface area contributed by atoms with Crippen LogP contribution >= 0.6 is 63.7 Å². The van der Waals surface area contributed by atoms with Gasteiger partial charge in [0, 0.05) is 15.7 Å². The van der Waals surface area contributed by atoms with E-state index in [0.717, 1.165) is 10.2 Å². The maximum atomic E-state index is 12.3. The van der Waals surface area contributed by atoms with Crippen LogP contribution in [0, 0.1) is 0 Å². The van der Waals surface area contributed by atoms with Crippen LogP contribution in [0.4, 0.5) is 5.69 Å². The van der Waals surface area contributed by atoms with Gasteiger partial charge in [0.05, 0.1) is 0 Å². The van der Waals surface area contributed by atoms with Crippen LogP contribution in [0.25, 0.3) is 0 Å². The summed E-state index contributed by atoms with van der Waals surface area (Å²) in [6.45, 7) is 0. The molecule has 0 fully saturated rings. The summed E-state index contributed by atoms with van der Waals surface area (Å²) >= 11 is 13.8. The van der Waals surface area contributed by atoms with Crippen molar-refractivity contribution in [1.82, 2.24) is 5.32 Å². The van der Waals surface area contributed by atoms with E-state index < -0.39 is 8.31 Å². The number of benzene rings is 2. The third-order valence-electron chi connectivity index (χ3n) is 2.77. The first-order valence-corrected chi connectivity index (χ1v) is 9.48. The predicted octanol–water partition coefficient (Wildman–Crippen LogP) is 5.46. The number of hydrogen-bond acceptors (Lipinski definition) is 2. The van der Waals surface area contributed by atoms with E-state index in [-0.39, 0.29) is 5.91 Å². The highest BCUT2D eigenvalue weighted by molar-refractivity contribution is 9.39. The normalized spacial score (nSPS) is 12.5. The molecule has 7 heteroatoms. The maximum absolute atomic E-state index is 12.3. The number of alkyl halides is 3. The smallest absolute Gasteiger partial charge is 0.252 e. The average molecular weight is 556 g/mol. The van der Waals surface area contributed by atoms with Crippen molar-refractivity contribution < 1.29 is 4.79 Å². The van der Waals surface area contributed by atoms with E-state index in [0.29, 0.717) is 5.56 Å². The van der Waals surface area contributed by atoms with Crippen LogP contribution in [0.3, 0.4) is 0 Å². The summed E-state index contributed by atoms with van der Waals surface area (Å²) in [6.07, 6.45) is -0.436. The van der Waals surface area contributed by atoms with Gasteiger partial charge in [-0.2, -0.15) is 0 Å². The molecule has 0 heterocycles. The topological polar surface area (TPSA) is 41.1 Å². The number of hydrogen-bond donors (Lipinski definition) is 2. The zero-order valence-electron chi connectivity index (χ0n) is 11.2. The highest BCUT2D eigenvalue weighted by atomic mass is 80.0. The van der Waals surface area contributed by atoms with Gasteiger partial charge in [-0.1, -0.05) is 88.0 Å². The Morgan fingerprint density at radius 1 is 1.00 bits per heavy atom. The zero-order chi connectivity index (χ0) is 16.2. The summed E-state index contributed by atoms with van der Waals surface area (Å²) in [7, 11) is 0. The Kier molecular flexibility index (Phi) is 6.49. The molecule has 0 saturated carbocycles. The fourth-order valence-corrected chi connectivity index (χ4v) is 2.83. The van der Waals surface area contributed by atoms with Crippen molar-refractivity contribution in [1.29, 1.82) is 0 Å². The van der Waals surface area contributed by atoms with Gasteiger partial charge in [0.15, 0.2) is 2.14 Å². The third-order valence-corrected chi connectivity index (χ3v) is 4.64. The molecule has 3 nitrogen and oxygen atoms in total. The molecule has 0 aliphatic carbocycles. The Balaban J connectivity index is 2.15. The number of carbonyl (C=O) groups excluding carboxylic acids is 1. The maximum Gasteiger partial charge on any atom is 0.252 e. The first kappa shape index (κ1) is 18.0. The van der Waals surface area contributed by atoms with E-state index >= 15 is 0 Å². The van der Waals surface area contributed by atoms with Crippen LogP contribution in [-0.2, 0) is 0 Å². The Morgan fingerprint density at radius 2 is 1.68 bits per heavy atom. The number of rotatable bonds is 4. The summed E-state index contributed by atoms with van der Waals surface area (Å²) in [4.78, 5) is 12.3. The second-order valence-corrected chi connectivity index (χ2v) is 12.3. The lowest BCUT2D eigenvalue weighted by molar-refractivity contribution is 0.0943. The minimum atomic E-state index is -0.695. The van der Waals surface area contributed by atoms with Gasteiger partial charge >= 0.3 is 0 Å². The van der Waals surface area contributed by atoms with Gasteiger partial charge in [0.1, 0.15) is 6.17 Å². The Labute approximate surface area is 162 Å². The van der Waals surface area contributed by atoms with Crippen molar-refractivity contribution in [2.45, 2.75) is 8.31 Å². The summed E-state index contributed by atoms with van der Waals surface area (Å²) in [5.74, 6) is -0.171. The molecule has 0 spiro atoms. The van der Waals surface area contributed by atoms with E-state index in [2.05, 4.69) is 74.4 Å². The molecular weight excluding hydrogens is 544 g/mol. The first-order chi connectivity index (χ1) is 10.4. The molecule has 0 aromatic heterocycles. The van der Waals surface area contributed by atoms with Crippen molar-refractivity contribution in [2.24, 2.45) is 0 Å². The lowest BCUT2D eigenvalue weighted by Crippen LogP contribution is -2.48. The molecular formula is C15H12Br4N2O. The minimum absolute atomic E-state index is 0.171. The molecule has 1 amide bonds. The van der Waals surface area contributed by atoms with Gasteiger partial charge < -0.3 is 10.6 Å². The molecule has 1 atom stereocenters. The molecule has 2 aromatic carbocycles. The Bertz CT molecular complexity index is 643. The molecule has 2 rings (SSSR count). The fourth-order valence-electron chi connectivity index (χ4n) is 1.75. The highest BCUT2D eigenvalue weighted by Crippen LogP contribution is 2.37. The number of carbonyl (C=O) groups is 1. The van der Waals surface area contributed by atoms with Gasteiger partial charge in [-0.3, -0.25) is 4.79 Å². The van der Waals surface area contributed by atoms with Crippen molar-refractivity contribution in [3.63, 3.8) is 0 Å². The third kappa shape index (κ3) is 5.37. The van der Waals surface area contributed by atoms with E-state index in [1.807, 2.05) is 42.5 Å². The van der Waals surface area contributed by atoms with Gasteiger partial charge in [0.2, 0.25) is 0 Å². The van der Waals surface area contributed by atoms with Crippen molar-refractivity contribution >= 4 is 75.3 Å². The molecule has 2 N–H and O–H groups in total. The molecule has 22 heavy (non-hydrogen) atoms. The van der Waals surface area contributed by atoms with Crippen molar-refractivity contribution in [2.75, 3.05) is 5.32 Å². The van der Waals surface area contributed by atoms with Crippen LogP contribution in [0.15, 0.2) is 59.1 Å². The molecule has 0 bridgehead atoms. The van der Waals surface area contributed by atoms with E-state index in [4.69, 9.17) is 0 Å². The van der Waals surface area contributed by atoms with Crippen LogP contribution in [0.2, 0.25) is 0 Å². The molecule has 0 aliphatic heterocycles. The highest BCUT2D eigenvalue weighted by Gasteiger charge is 2.32. The Hall–Kier alpha value is -0.370. The van der Waals surface area contributed by atoms with E-state index in [1.165, 1.54) is 0 Å². The second kappa shape index (κ2) is 7.95. The summed E-state index contributed by atoms with van der Waals surface area (Å²) < 4.78 is 0.259. The second-order valence-electron chi connectivity index (χ2n) is 4.47. The molecule has 2 aromatic rings. The van der Waals surface area contributed by atoms with Crippen LogP contribution in [-0.4, -0.2) is 14.2 Å². The van der Waals surface area contributed by atoms with Gasteiger partial charge in [0.25, 0.3) is 5.91 Å². The monoisotopic (exact) mass is 552 g/mol. The predicted molar refractivity (Wildman–Crippen MR) is 105 cm³/mol. The summed E-state index contributed by atoms with van der Waals surface area (Å²) in [5, 5.41) is 6.19. The zero-order valence-corrected chi connectivity index (χ0v) is 17.5. The summed E-state index contributed by atoms with van der Waals surface area (Å²) in [6, 6.07) is 16.8. The molecule has 0 radical (unpaired) electrons. The van der Waals surface area contributed by atoms with E-state index in [9.17, 15) is 4.79 Å². The van der Waals surface area contributed by atoms with Gasteiger partial charge in [-0.25, -0.2) is 0 Å². The van der Waals surface area contributed by atoms with Crippen LogP contribution in [0.5, 0.6) is 0 Å². The van der Waals surface area contributed by atoms with Crippen LogP contribution in [0.1, 0.15) is 10.4 Å². The van der Waals surface area contributed by atoms with Crippen molar-refractivity contribution in [3.8, 4) is 0 Å². The Morgan fingerprint density at radius 3 is 2.27 bits per heavy atom. The molecule has 116 valence electrons. The lowest BCUT2D eigenvalue weighted by Gasteiger charge is -2.28. The number of nitrogens with one attached hydrogen (secondary N) is 2. The van der Waals surface area contributed by atoms with Gasteiger partial charge in [-0.15, -0.1) is 0 Å². The molecule has 0 saturated heterocycles. The minimum Gasteiger partial charge on any atom is -0.363 e. The standard InChI is InChI=1S/C15H12Br4N2O/c16-11-7-4-8-12(9-11)20-14(15(17,18)19)21-13(22)10-5-2-1-3-6-10/h1-9,14,20H,(H,21,22). The van der Waals surface area contributed by atoms with Crippen molar-refractivity contribution in [3.05, 3.63) is 64.6 Å². The molecule has 1 unspecified atom stereocenters. The SMILES string of the molecule is O=C(NC(Nc1cccc(Br)c1)C(Br)(Br)Br)c1ccccc1. The lowest BCUT2D eigenvalue weighted by atomic mass is 10.2. The number of amides is 1. The number of halogens is 4. The quantitative estimate of drug-likeness (QED) is 0.389. The molecule has 0 aliphatic rings. The first-order valence-electron chi connectivity index (χ1n) is 6.31. The number of anilines is 1. The van der Waals surface area contributed by atoms with Gasteiger partial charge in [-0.05, 0) is 30.3 Å². The van der Waals surface area contributed by atoms with E-state index in [1.54, 1.807) is 12.1 Å². The largest absolute Gasteiger partial charge is 0.363 e. The summed E-state index contributed by atoms with van der Waals surface area (Å²) in [5.41, 5.74) is 1.47.